The van der Waals surface area contributed by atoms with Gasteiger partial charge in [0.1, 0.15) is 5.75 Å². The highest BCUT2D eigenvalue weighted by molar-refractivity contribution is 7.91. The molecule has 6 nitrogen and oxygen atoms in total. The van der Waals surface area contributed by atoms with Gasteiger partial charge in [0.05, 0.1) is 17.9 Å². The maximum Gasteiger partial charge on any atom is 0.236 e. The van der Waals surface area contributed by atoms with Crippen LogP contribution in [0.2, 0.25) is 0 Å². The lowest BCUT2D eigenvalue weighted by atomic mass is 9.91. The molecule has 7 heteroatoms. The number of aromatic nitrogens is 1. The minimum Gasteiger partial charge on any atom is -0.497 e. The summed E-state index contributed by atoms with van der Waals surface area (Å²) >= 11 is 0. The minimum atomic E-state index is -3.94. The van der Waals surface area contributed by atoms with E-state index in [-0.39, 0.29) is 15.8 Å². The van der Waals surface area contributed by atoms with Gasteiger partial charge in [-0.1, -0.05) is 67.6 Å². The van der Waals surface area contributed by atoms with Crippen molar-refractivity contribution in [3.8, 4) is 5.75 Å². The Bertz CT molecular complexity index is 1350. The molecule has 0 aliphatic carbocycles. The van der Waals surface area contributed by atoms with Gasteiger partial charge in [0.2, 0.25) is 26.6 Å². The Morgan fingerprint density at radius 1 is 0.889 bits per heavy atom. The molecule has 0 unspecified atom stereocenters. The normalized spacial score (nSPS) is 14.8. The summed E-state index contributed by atoms with van der Waals surface area (Å²) in [5.41, 5.74) is 1.97. The number of piperidine rings is 1. The van der Waals surface area contributed by atoms with Gasteiger partial charge in [0.25, 0.3) is 0 Å². The van der Waals surface area contributed by atoms with Crippen LogP contribution in [0.3, 0.4) is 0 Å². The van der Waals surface area contributed by atoms with E-state index in [1.165, 1.54) is 0 Å². The molecule has 0 N–H and O–H groups in total. The largest absolute Gasteiger partial charge is 0.497 e. The molecule has 1 aromatic heterocycles. The summed E-state index contributed by atoms with van der Waals surface area (Å²) in [7, 11) is -2.38. The molecule has 36 heavy (non-hydrogen) atoms. The summed E-state index contributed by atoms with van der Waals surface area (Å²) in [4.78, 5) is 6.91. The van der Waals surface area contributed by atoms with Crippen molar-refractivity contribution >= 4 is 15.7 Å². The van der Waals surface area contributed by atoms with Gasteiger partial charge in [-0.2, -0.15) is 4.98 Å². The van der Waals surface area contributed by atoms with Gasteiger partial charge in [-0.05, 0) is 54.2 Å². The highest BCUT2D eigenvalue weighted by Gasteiger charge is 2.35. The Morgan fingerprint density at radius 2 is 1.44 bits per heavy atom. The summed E-state index contributed by atoms with van der Waals surface area (Å²) in [6.07, 6.45) is 1.94. The van der Waals surface area contributed by atoms with Crippen LogP contribution in [0.25, 0.3) is 0 Å². The van der Waals surface area contributed by atoms with E-state index in [4.69, 9.17) is 14.1 Å². The number of nitrogens with zero attached hydrogens (tertiary/aromatic N) is 2. The average molecular weight is 503 g/mol. The van der Waals surface area contributed by atoms with Gasteiger partial charge in [-0.3, -0.25) is 0 Å². The van der Waals surface area contributed by atoms with Crippen molar-refractivity contribution in [3.05, 3.63) is 102 Å². The number of ether oxygens (including phenoxy) is 1. The standard InChI is InChI=1S/C29H30N2O4S/c1-21-17-19-31(20-18-21)29-28(36(32,33)25-15-13-24(34-2)14-16-25)30-27(35-29)26(22-9-5-3-6-10-22)23-11-7-4-8-12-23/h3-16,21,26H,17-20H2,1-2H3. The van der Waals surface area contributed by atoms with Crippen LogP contribution < -0.4 is 9.64 Å². The van der Waals surface area contributed by atoms with Crippen molar-refractivity contribution in [2.45, 2.75) is 35.6 Å². The molecule has 186 valence electrons. The summed E-state index contributed by atoms with van der Waals surface area (Å²) in [6.45, 7) is 3.67. The van der Waals surface area contributed by atoms with Crippen LogP contribution in [-0.4, -0.2) is 33.6 Å². The molecule has 1 fully saturated rings. The second-order valence-electron chi connectivity index (χ2n) is 9.27. The number of benzene rings is 3. The number of anilines is 1. The first kappa shape index (κ1) is 24.1. The quantitative estimate of drug-likeness (QED) is 0.312. The van der Waals surface area contributed by atoms with Gasteiger partial charge in [0.15, 0.2) is 0 Å². The lowest BCUT2D eigenvalue weighted by Gasteiger charge is -2.30. The first-order valence-electron chi connectivity index (χ1n) is 12.2. The average Bonchev–Trinajstić information content (AvgIpc) is 3.36. The highest BCUT2D eigenvalue weighted by Crippen LogP contribution is 2.39. The fraction of sp³-hybridized carbons (Fsp3) is 0.276. The summed E-state index contributed by atoms with van der Waals surface area (Å²) < 4.78 is 39.4. The molecule has 3 aromatic carbocycles. The van der Waals surface area contributed by atoms with Crippen LogP contribution in [0.5, 0.6) is 5.75 Å². The summed E-state index contributed by atoms with van der Waals surface area (Å²) in [5.74, 6) is 1.53. The molecule has 4 aromatic rings. The summed E-state index contributed by atoms with van der Waals surface area (Å²) in [6, 6.07) is 26.3. The number of rotatable bonds is 7. The van der Waals surface area contributed by atoms with E-state index in [2.05, 4.69) is 6.92 Å². The maximum absolute atomic E-state index is 13.9. The molecule has 1 aliphatic rings. The van der Waals surface area contributed by atoms with E-state index >= 15 is 0 Å². The molecule has 1 aliphatic heterocycles. The Labute approximate surface area is 212 Å². The van der Waals surface area contributed by atoms with Crippen molar-refractivity contribution < 1.29 is 17.6 Å². The van der Waals surface area contributed by atoms with E-state index in [0.717, 1.165) is 37.1 Å². The first-order chi connectivity index (χ1) is 17.5. The van der Waals surface area contributed by atoms with Crippen molar-refractivity contribution in [2.75, 3.05) is 25.1 Å². The molecule has 0 amide bonds. The van der Waals surface area contributed by atoms with Gasteiger partial charge < -0.3 is 14.1 Å². The third-order valence-corrected chi connectivity index (χ3v) is 8.47. The van der Waals surface area contributed by atoms with Crippen LogP contribution in [0.15, 0.2) is 99.3 Å². The van der Waals surface area contributed by atoms with Crippen LogP contribution >= 0.6 is 0 Å². The molecule has 0 bridgehead atoms. The summed E-state index contributed by atoms with van der Waals surface area (Å²) in [5, 5.41) is -0.0333. The molecule has 1 saturated heterocycles. The van der Waals surface area contributed by atoms with Gasteiger partial charge in [-0.15, -0.1) is 0 Å². The number of sulfone groups is 1. The van der Waals surface area contributed by atoms with Crippen LogP contribution in [-0.2, 0) is 9.84 Å². The monoisotopic (exact) mass is 502 g/mol. The van der Waals surface area contributed by atoms with Crippen molar-refractivity contribution in [1.82, 2.24) is 4.98 Å². The van der Waals surface area contributed by atoms with E-state index in [0.29, 0.717) is 23.4 Å². The van der Waals surface area contributed by atoms with Crippen LogP contribution in [0, 0.1) is 5.92 Å². The minimum absolute atomic E-state index is 0.0333. The third kappa shape index (κ3) is 4.75. The molecule has 0 radical (unpaired) electrons. The Morgan fingerprint density at radius 3 is 1.97 bits per heavy atom. The second kappa shape index (κ2) is 10.2. The number of oxazole rings is 1. The van der Waals surface area contributed by atoms with E-state index in [1.807, 2.05) is 65.6 Å². The zero-order valence-electron chi connectivity index (χ0n) is 20.5. The second-order valence-corrected chi connectivity index (χ2v) is 11.1. The zero-order valence-corrected chi connectivity index (χ0v) is 21.3. The van der Waals surface area contributed by atoms with Crippen molar-refractivity contribution in [3.63, 3.8) is 0 Å². The topological polar surface area (TPSA) is 72.6 Å². The molecular formula is C29H30N2O4S. The van der Waals surface area contributed by atoms with Crippen LogP contribution in [0.4, 0.5) is 5.88 Å². The van der Waals surface area contributed by atoms with E-state index in [9.17, 15) is 8.42 Å². The smallest absolute Gasteiger partial charge is 0.236 e. The SMILES string of the molecule is COc1ccc(S(=O)(=O)c2nc(C(c3ccccc3)c3ccccc3)oc2N2CCC(C)CC2)cc1. The lowest BCUT2D eigenvalue weighted by molar-refractivity contribution is 0.405. The van der Waals surface area contributed by atoms with Crippen molar-refractivity contribution in [2.24, 2.45) is 5.92 Å². The number of methoxy groups -OCH3 is 1. The molecule has 0 saturated carbocycles. The number of hydrogen-bond donors (Lipinski definition) is 0. The maximum atomic E-state index is 13.9. The zero-order chi connectivity index (χ0) is 25.1. The highest BCUT2D eigenvalue weighted by atomic mass is 32.2. The predicted octanol–water partition coefficient (Wildman–Crippen LogP) is 5.93. The van der Waals surface area contributed by atoms with Crippen LogP contribution in [0.1, 0.15) is 42.7 Å². The molecule has 0 atom stereocenters. The van der Waals surface area contributed by atoms with Crippen molar-refractivity contribution in [1.29, 1.82) is 0 Å². The first-order valence-corrected chi connectivity index (χ1v) is 13.7. The van der Waals surface area contributed by atoms with E-state index in [1.54, 1.807) is 31.4 Å². The molecular weight excluding hydrogens is 472 g/mol. The Hall–Kier alpha value is -3.58. The molecule has 0 spiro atoms. The number of hydrogen-bond acceptors (Lipinski definition) is 6. The molecule has 5 rings (SSSR count). The van der Waals surface area contributed by atoms with Gasteiger partial charge >= 0.3 is 0 Å². The predicted molar refractivity (Wildman–Crippen MR) is 139 cm³/mol. The fourth-order valence-corrected chi connectivity index (χ4v) is 5.99. The van der Waals surface area contributed by atoms with Gasteiger partial charge in [-0.25, -0.2) is 8.42 Å². The Kier molecular flexibility index (Phi) is 6.83. The molecule has 2 heterocycles. The third-order valence-electron chi connectivity index (χ3n) is 6.80. The lowest BCUT2D eigenvalue weighted by Crippen LogP contribution is -2.33. The van der Waals surface area contributed by atoms with E-state index < -0.39 is 9.84 Å². The fourth-order valence-electron chi connectivity index (χ4n) is 4.66. The Balaban J connectivity index is 1.66. The van der Waals surface area contributed by atoms with Gasteiger partial charge in [0, 0.05) is 13.1 Å².